The second kappa shape index (κ2) is 22.8. The molecule has 0 fully saturated rings. The largest absolute Gasteiger partial charge is 0.496 e. The second-order valence-electron chi connectivity index (χ2n) is 19.4. The van der Waals surface area contributed by atoms with Crippen molar-refractivity contribution < 1.29 is 70.1 Å². The molecule has 5 aliphatic heterocycles. The van der Waals surface area contributed by atoms with Gasteiger partial charge in [0, 0.05) is 95.9 Å². The first-order chi connectivity index (χ1) is 40.6. The molecule has 13 rings (SSSR count). The molecule has 8 aromatic carbocycles. The molecule has 0 saturated heterocycles. The SMILES string of the molecule is COc1cc(Oc2ccc3c(c2)C2=NC4=NC(=NC5=NC(=NC6=NC(=NC3=N2)c2cc(Oc3ccc(CO)c(OC)c3)ccc26)c2cc(Oc3ccc(CO)c(OC)c3)ccc25)c2cc(Oc3ccc(CO)c(C)c3)ccc24)ccc1CO.[Ni]. The van der Waals surface area contributed by atoms with Crippen LogP contribution in [-0.2, 0) is 42.9 Å². The van der Waals surface area contributed by atoms with E-state index >= 15 is 0 Å². The Morgan fingerprint density at radius 2 is 0.488 bits per heavy atom. The van der Waals surface area contributed by atoms with Crippen LogP contribution in [0, 0.1) is 6.92 Å². The van der Waals surface area contributed by atoms with Gasteiger partial charge in [0.2, 0.25) is 0 Å². The Hall–Kier alpha value is -9.95. The molecule has 5 heterocycles. The first-order valence-electron chi connectivity index (χ1n) is 26.1. The summed E-state index contributed by atoms with van der Waals surface area (Å²) in [6, 6.07) is 43.1. The van der Waals surface area contributed by atoms with Gasteiger partial charge in [-0.1, -0.05) is 6.07 Å². The van der Waals surface area contributed by atoms with Gasteiger partial charge in [0.1, 0.15) is 63.2 Å². The van der Waals surface area contributed by atoms with E-state index in [1.807, 2.05) is 73.7 Å². The van der Waals surface area contributed by atoms with Gasteiger partial charge in [0.25, 0.3) is 0 Å². The Kier molecular flexibility index (Phi) is 14.8. The van der Waals surface area contributed by atoms with Gasteiger partial charge in [0.15, 0.2) is 46.7 Å². The van der Waals surface area contributed by atoms with Crippen molar-refractivity contribution in [3.05, 3.63) is 218 Å². The van der Waals surface area contributed by atoms with Gasteiger partial charge >= 0.3 is 0 Å². The van der Waals surface area contributed by atoms with Crippen LogP contribution in [0.1, 0.15) is 72.3 Å². The summed E-state index contributed by atoms with van der Waals surface area (Å²) in [6.45, 7) is 1.19. The summed E-state index contributed by atoms with van der Waals surface area (Å²) in [5.41, 5.74) is 8.32. The molecule has 0 amide bonds. The number of ether oxygens (including phenoxy) is 7. The van der Waals surface area contributed by atoms with Crippen LogP contribution in [-0.4, -0.2) is 88.4 Å². The van der Waals surface area contributed by atoms with E-state index in [1.165, 1.54) is 21.3 Å². The minimum absolute atomic E-state index is 0. The number of hydrogen-bond donors (Lipinski definition) is 4. The van der Waals surface area contributed by atoms with Crippen LogP contribution in [0.5, 0.6) is 63.2 Å². The predicted molar refractivity (Wildman–Crippen MR) is 312 cm³/mol. The van der Waals surface area contributed by atoms with Gasteiger partial charge in [-0.3, -0.25) is 0 Å². The molecule has 0 unspecified atom stereocenters. The van der Waals surface area contributed by atoms with E-state index in [-0.39, 0.29) is 77.9 Å². The Morgan fingerprint density at radius 3 is 0.726 bits per heavy atom. The first kappa shape index (κ1) is 54.6. The third-order valence-corrected chi connectivity index (χ3v) is 14.3. The zero-order chi connectivity index (χ0) is 56.9. The number of amidine groups is 8. The van der Waals surface area contributed by atoms with Gasteiger partial charge in [-0.25, -0.2) is 39.9 Å². The minimum atomic E-state index is -0.208. The number of nitrogens with zero attached hydrogens (tertiary/aromatic N) is 8. The molecule has 20 heteroatoms. The van der Waals surface area contributed by atoms with Crippen LogP contribution in [0.25, 0.3) is 0 Å². The van der Waals surface area contributed by atoms with E-state index in [0.29, 0.717) is 136 Å². The van der Waals surface area contributed by atoms with E-state index in [2.05, 4.69) is 0 Å². The quantitative estimate of drug-likeness (QED) is 0.0704. The van der Waals surface area contributed by atoms with E-state index in [0.717, 1.165) is 11.1 Å². The average molecular weight is 1160 g/mol. The summed E-state index contributed by atoms with van der Waals surface area (Å²) in [7, 11) is 4.59. The van der Waals surface area contributed by atoms with Crippen molar-refractivity contribution in [3.63, 3.8) is 0 Å². The molecule has 8 aromatic rings. The molecule has 0 spiro atoms. The topological polar surface area (TPSA) is 244 Å². The van der Waals surface area contributed by atoms with Crippen molar-refractivity contribution in [2.45, 2.75) is 33.4 Å². The molecule has 19 nitrogen and oxygen atoms in total. The fraction of sp³-hybridized carbons (Fsp3) is 0.125. The van der Waals surface area contributed by atoms with Gasteiger partial charge in [-0.05, 0) is 139 Å². The minimum Gasteiger partial charge on any atom is -0.496 e. The molecule has 0 atom stereocenters. The van der Waals surface area contributed by atoms with Crippen LogP contribution in [0.2, 0.25) is 0 Å². The van der Waals surface area contributed by atoms with Crippen molar-refractivity contribution in [2.75, 3.05) is 21.3 Å². The number of fused-ring (bicyclic) bond motifs is 16. The summed E-state index contributed by atoms with van der Waals surface area (Å²) in [4.78, 5) is 41.2. The van der Waals surface area contributed by atoms with E-state index < -0.39 is 0 Å². The third kappa shape index (κ3) is 10.3. The first-order valence-corrected chi connectivity index (χ1v) is 26.1. The van der Waals surface area contributed by atoms with E-state index in [1.54, 1.807) is 78.9 Å². The number of aliphatic hydroxyl groups is 4. The standard InChI is InChI=1S/C64H48N8O11.Ni/c1-33-21-38(9-5-34(33)29-73)80-39-13-17-46-50(22-39)61-65-57(46)67-62-52-24-41(82-44-11-7-36(31-75)55(27-44)78-3)15-19-48(52)59(69-62)71-64-53-25-42(83-45-12-8-37(32-76)56(28-45)79-4)16-20-49(53)60(72-64)70-63-51-23-40(14-18-47(51)58(66-61)68-63)81-43-10-6-35(30-74)54(26-43)77-2;/h5-28,73-76H,29-32H2,1-4H3;. The van der Waals surface area contributed by atoms with Crippen molar-refractivity contribution >= 4 is 46.7 Å². The number of methoxy groups -OCH3 is 3. The number of aliphatic imine (C=N–C) groups is 8. The number of aliphatic hydroxyl groups excluding tert-OH is 4. The molecule has 420 valence electrons. The van der Waals surface area contributed by atoms with E-state index in [4.69, 9.17) is 73.1 Å². The molecule has 4 N–H and O–H groups in total. The molecular formula is C64H48N8NiO11. The third-order valence-electron chi connectivity index (χ3n) is 14.3. The normalized spacial score (nSPS) is 13.9. The average Bonchev–Trinajstić information content (AvgIpc) is 4.28. The van der Waals surface area contributed by atoms with Crippen LogP contribution >= 0.6 is 0 Å². The molecule has 8 bridgehead atoms. The molecule has 84 heavy (non-hydrogen) atoms. The van der Waals surface area contributed by atoms with Gasteiger partial charge in [-0.2, -0.15) is 0 Å². The van der Waals surface area contributed by atoms with Crippen LogP contribution in [0.4, 0.5) is 0 Å². The van der Waals surface area contributed by atoms with Crippen LogP contribution in [0.3, 0.4) is 0 Å². The summed E-state index contributed by atoms with van der Waals surface area (Å²) >= 11 is 0. The Morgan fingerprint density at radius 1 is 0.274 bits per heavy atom. The van der Waals surface area contributed by atoms with Gasteiger partial charge in [0.05, 0.1) is 47.8 Å². The summed E-state index contributed by atoms with van der Waals surface area (Å²) in [5.74, 6) is 7.52. The maximum Gasteiger partial charge on any atom is 0.164 e. The molecule has 5 aliphatic rings. The Labute approximate surface area is 490 Å². The zero-order valence-electron chi connectivity index (χ0n) is 45.2. The number of rotatable bonds is 15. The van der Waals surface area contributed by atoms with Crippen molar-refractivity contribution in [2.24, 2.45) is 39.9 Å². The zero-order valence-corrected chi connectivity index (χ0v) is 46.2. The van der Waals surface area contributed by atoms with Gasteiger partial charge in [-0.15, -0.1) is 0 Å². The van der Waals surface area contributed by atoms with Crippen LogP contribution in [0.15, 0.2) is 186 Å². The maximum absolute atomic E-state index is 9.91. The fourth-order valence-electron chi connectivity index (χ4n) is 10.0. The second-order valence-corrected chi connectivity index (χ2v) is 19.4. The van der Waals surface area contributed by atoms with Crippen LogP contribution < -0.4 is 33.2 Å². The maximum atomic E-state index is 9.91. The smallest absolute Gasteiger partial charge is 0.164 e. The summed E-state index contributed by atoms with van der Waals surface area (Å²) in [5, 5.41) is 39.6. The molecular weight excluding hydrogens is 1120 g/mol. The molecule has 0 saturated carbocycles. The van der Waals surface area contributed by atoms with Gasteiger partial charge < -0.3 is 53.6 Å². The van der Waals surface area contributed by atoms with Crippen molar-refractivity contribution in [1.29, 1.82) is 0 Å². The number of aryl methyl sites for hydroxylation is 1. The summed E-state index contributed by atoms with van der Waals surface area (Å²) in [6.07, 6.45) is 0. The van der Waals surface area contributed by atoms with E-state index in [9.17, 15) is 20.4 Å². The summed E-state index contributed by atoms with van der Waals surface area (Å²) < 4.78 is 42.3. The Balaban J connectivity index is 0.00000694. The molecule has 0 aromatic heterocycles. The molecule has 0 radical (unpaired) electrons. The number of hydrogen-bond acceptors (Lipinski definition) is 19. The van der Waals surface area contributed by atoms with Crippen molar-refractivity contribution in [1.82, 2.24) is 0 Å². The monoisotopic (exact) mass is 1160 g/mol. The molecule has 0 aliphatic carbocycles. The Bertz CT molecular complexity index is 4250. The van der Waals surface area contributed by atoms with Crippen molar-refractivity contribution in [3.8, 4) is 63.2 Å². The number of benzene rings is 8. The fourth-order valence-corrected chi connectivity index (χ4v) is 10.0. The predicted octanol–water partition coefficient (Wildman–Crippen LogP) is 10.3.